The quantitative estimate of drug-likeness (QED) is 0.676. The molecule has 0 spiro atoms. The Kier molecular flexibility index (Phi) is 2.68. The maximum Gasteiger partial charge on any atom is 0.147 e. The summed E-state index contributed by atoms with van der Waals surface area (Å²) in [6, 6.07) is 0. The van der Waals surface area contributed by atoms with E-state index in [2.05, 4.69) is 14.9 Å². The Hall–Kier alpha value is -0.770. The number of rotatable bonds is 1. The van der Waals surface area contributed by atoms with E-state index in [1.807, 2.05) is 24.9 Å². The zero-order valence-electron chi connectivity index (χ0n) is 7.73. The summed E-state index contributed by atoms with van der Waals surface area (Å²) in [7, 11) is 0. The van der Waals surface area contributed by atoms with Crippen molar-refractivity contribution in [2.75, 3.05) is 29.5 Å². The summed E-state index contributed by atoms with van der Waals surface area (Å²) in [5.41, 5.74) is 0.996. The van der Waals surface area contributed by atoms with Crippen LogP contribution in [-0.2, 0) is 0 Å². The van der Waals surface area contributed by atoms with E-state index < -0.39 is 0 Å². The van der Waals surface area contributed by atoms with E-state index >= 15 is 0 Å². The number of aryl methyl sites for hydroxylation is 1. The lowest BCUT2D eigenvalue weighted by Crippen LogP contribution is -2.33. The minimum absolute atomic E-state index is 0.996. The molecule has 3 nitrogen and oxygen atoms in total. The maximum absolute atomic E-state index is 4.45. The van der Waals surface area contributed by atoms with Crippen molar-refractivity contribution >= 4 is 17.6 Å². The summed E-state index contributed by atoms with van der Waals surface area (Å²) >= 11 is 2.01. The Bertz CT molecular complexity index is 284. The molecule has 13 heavy (non-hydrogen) atoms. The van der Waals surface area contributed by atoms with Crippen LogP contribution in [0.2, 0.25) is 0 Å². The fourth-order valence-electron chi connectivity index (χ4n) is 1.40. The van der Waals surface area contributed by atoms with Gasteiger partial charge in [0, 0.05) is 30.8 Å². The van der Waals surface area contributed by atoms with Crippen LogP contribution in [0.3, 0.4) is 0 Å². The second-order valence-corrected chi connectivity index (χ2v) is 4.34. The molecule has 0 N–H and O–H groups in total. The topological polar surface area (TPSA) is 29.0 Å². The van der Waals surface area contributed by atoms with Gasteiger partial charge in [-0.25, -0.2) is 4.98 Å². The molecule has 0 bridgehead atoms. The summed E-state index contributed by atoms with van der Waals surface area (Å²) in [6.45, 7) is 4.18. The number of hydrogen-bond donors (Lipinski definition) is 0. The summed E-state index contributed by atoms with van der Waals surface area (Å²) < 4.78 is 0. The molecule has 1 aromatic heterocycles. The van der Waals surface area contributed by atoms with Gasteiger partial charge in [-0.15, -0.1) is 0 Å². The highest BCUT2D eigenvalue weighted by molar-refractivity contribution is 7.99. The van der Waals surface area contributed by atoms with E-state index in [9.17, 15) is 0 Å². The third-order valence-electron chi connectivity index (χ3n) is 2.08. The van der Waals surface area contributed by atoms with E-state index in [-0.39, 0.29) is 0 Å². The Labute approximate surface area is 82.6 Å². The molecule has 4 heteroatoms. The Balaban J connectivity index is 2.14. The standard InChI is InChI=1S/C9H13N3S/c1-8-6-10-7-9(11-8)12-2-4-13-5-3-12/h6-7H,2-5H2,1H3. The molecule has 0 unspecified atom stereocenters. The second-order valence-electron chi connectivity index (χ2n) is 3.12. The summed E-state index contributed by atoms with van der Waals surface area (Å²) in [6.07, 6.45) is 3.64. The molecular formula is C9H13N3S. The molecule has 2 heterocycles. The minimum atomic E-state index is 0.996. The molecule has 70 valence electrons. The van der Waals surface area contributed by atoms with Crippen LogP contribution in [-0.4, -0.2) is 34.6 Å². The van der Waals surface area contributed by atoms with Crippen molar-refractivity contribution in [1.29, 1.82) is 0 Å². The average molecular weight is 195 g/mol. The van der Waals surface area contributed by atoms with Gasteiger partial charge in [0.15, 0.2) is 0 Å². The van der Waals surface area contributed by atoms with Crippen LogP contribution >= 0.6 is 11.8 Å². The lowest BCUT2D eigenvalue weighted by Gasteiger charge is -2.27. The van der Waals surface area contributed by atoms with Crippen molar-refractivity contribution in [2.24, 2.45) is 0 Å². The molecule has 1 saturated heterocycles. The molecule has 0 amide bonds. The lowest BCUT2D eigenvalue weighted by molar-refractivity contribution is 0.829. The van der Waals surface area contributed by atoms with Gasteiger partial charge in [-0.3, -0.25) is 4.98 Å². The smallest absolute Gasteiger partial charge is 0.147 e. The monoisotopic (exact) mass is 195 g/mol. The molecule has 0 saturated carbocycles. The van der Waals surface area contributed by atoms with Crippen molar-refractivity contribution in [3.8, 4) is 0 Å². The van der Waals surface area contributed by atoms with Gasteiger partial charge in [0.05, 0.1) is 11.9 Å². The molecule has 0 atom stereocenters. The first-order valence-corrected chi connectivity index (χ1v) is 5.63. The van der Waals surface area contributed by atoms with Crippen LogP contribution in [0.5, 0.6) is 0 Å². The highest BCUT2D eigenvalue weighted by Crippen LogP contribution is 2.15. The average Bonchev–Trinajstić information content (AvgIpc) is 2.19. The maximum atomic E-state index is 4.45. The van der Waals surface area contributed by atoms with Crippen LogP contribution in [0.15, 0.2) is 12.4 Å². The van der Waals surface area contributed by atoms with E-state index in [1.165, 1.54) is 11.5 Å². The van der Waals surface area contributed by atoms with E-state index in [1.54, 1.807) is 6.20 Å². The van der Waals surface area contributed by atoms with Gasteiger partial charge in [-0.1, -0.05) is 0 Å². The number of anilines is 1. The zero-order valence-corrected chi connectivity index (χ0v) is 8.55. The van der Waals surface area contributed by atoms with E-state index in [0.717, 1.165) is 24.6 Å². The molecule has 1 aliphatic rings. The molecule has 0 radical (unpaired) electrons. The first kappa shape index (κ1) is 8.81. The highest BCUT2D eigenvalue weighted by Gasteiger charge is 2.11. The highest BCUT2D eigenvalue weighted by atomic mass is 32.2. The third-order valence-corrected chi connectivity index (χ3v) is 3.02. The molecular weight excluding hydrogens is 182 g/mol. The molecule has 1 aromatic rings. The third kappa shape index (κ3) is 2.12. The summed E-state index contributed by atoms with van der Waals surface area (Å²) in [4.78, 5) is 10.9. The fraction of sp³-hybridized carbons (Fsp3) is 0.556. The van der Waals surface area contributed by atoms with Gasteiger partial charge in [-0.05, 0) is 6.92 Å². The van der Waals surface area contributed by atoms with Crippen molar-refractivity contribution in [3.05, 3.63) is 18.1 Å². The van der Waals surface area contributed by atoms with E-state index in [4.69, 9.17) is 0 Å². The SMILES string of the molecule is Cc1cncc(N2CCSCC2)n1. The van der Waals surface area contributed by atoms with Crippen molar-refractivity contribution in [2.45, 2.75) is 6.92 Å². The van der Waals surface area contributed by atoms with Crippen LogP contribution in [0.25, 0.3) is 0 Å². The predicted octanol–water partition coefficient (Wildman–Crippen LogP) is 1.34. The number of thioether (sulfide) groups is 1. The predicted molar refractivity (Wildman–Crippen MR) is 56.3 cm³/mol. The molecule has 0 aromatic carbocycles. The van der Waals surface area contributed by atoms with Crippen LogP contribution in [0, 0.1) is 6.92 Å². The van der Waals surface area contributed by atoms with Gasteiger partial charge < -0.3 is 4.90 Å². The molecule has 2 rings (SSSR count). The molecule has 0 aliphatic carbocycles. The lowest BCUT2D eigenvalue weighted by atomic mass is 10.4. The summed E-state index contributed by atoms with van der Waals surface area (Å²) in [5.74, 6) is 3.44. The zero-order chi connectivity index (χ0) is 9.10. The Morgan fingerprint density at radius 2 is 2.08 bits per heavy atom. The van der Waals surface area contributed by atoms with Crippen molar-refractivity contribution < 1.29 is 0 Å². The van der Waals surface area contributed by atoms with Crippen LogP contribution < -0.4 is 4.90 Å². The fourth-order valence-corrected chi connectivity index (χ4v) is 2.30. The molecule has 1 fully saturated rings. The summed E-state index contributed by atoms with van der Waals surface area (Å²) in [5, 5.41) is 0. The van der Waals surface area contributed by atoms with Gasteiger partial charge in [-0.2, -0.15) is 11.8 Å². The van der Waals surface area contributed by atoms with Crippen LogP contribution in [0.4, 0.5) is 5.82 Å². The Morgan fingerprint density at radius 1 is 1.31 bits per heavy atom. The minimum Gasteiger partial charge on any atom is -0.354 e. The number of nitrogens with zero attached hydrogens (tertiary/aromatic N) is 3. The van der Waals surface area contributed by atoms with Gasteiger partial charge >= 0.3 is 0 Å². The number of aromatic nitrogens is 2. The first-order valence-electron chi connectivity index (χ1n) is 4.47. The van der Waals surface area contributed by atoms with Crippen molar-refractivity contribution in [1.82, 2.24) is 9.97 Å². The Morgan fingerprint density at radius 3 is 2.77 bits per heavy atom. The van der Waals surface area contributed by atoms with Gasteiger partial charge in [0.25, 0.3) is 0 Å². The van der Waals surface area contributed by atoms with E-state index in [0.29, 0.717) is 0 Å². The van der Waals surface area contributed by atoms with Gasteiger partial charge in [0.1, 0.15) is 5.82 Å². The van der Waals surface area contributed by atoms with Crippen molar-refractivity contribution in [3.63, 3.8) is 0 Å². The first-order chi connectivity index (χ1) is 6.36. The second kappa shape index (κ2) is 3.96. The molecule has 1 aliphatic heterocycles. The van der Waals surface area contributed by atoms with Crippen LogP contribution in [0.1, 0.15) is 5.69 Å². The largest absolute Gasteiger partial charge is 0.354 e. The normalized spacial score (nSPS) is 17.5. The van der Waals surface area contributed by atoms with Gasteiger partial charge in [0.2, 0.25) is 0 Å². The number of hydrogen-bond acceptors (Lipinski definition) is 4.